The molecular weight excluding hydrogens is 386 g/mol. The molecule has 0 spiro atoms. The molecule has 0 radical (unpaired) electrons. The lowest BCUT2D eigenvalue weighted by Crippen LogP contribution is -2.40. The van der Waals surface area contributed by atoms with E-state index >= 15 is 0 Å². The SMILES string of the molecule is C[C@H](Nc1c(N[C@H](c2ccccc2)[C@H](N)c2ccccc2)c(=O)c1=O)c1ccccc1. The van der Waals surface area contributed by atoms with E-state index in [1.165, 1.54) is 0 Å². The van der Waals surface area contributed by atoms with E-state index in [2.05, 4.69) is 10.6 Å². The molecule has 4 aromatic carbocycles. The molecule has 0 saturated carbocycles. The molecule has 3 atom stereocenters. The Kier molecular flexibility index (Phi) is 5.96. The number of rotatable bonds is 8. The largest absolute Gasteiger partial charge is 0.373 e. The molecule has 0 aliphatic heterocycles. The molecule has 0 aliphatic carbocycles. The van der Waals surface area contributed by atoms with E-state index in [9.17, 15) is 9.59 Å². The molecule has 5 heteroatoms. The third kappa shape index (κ3) is 4.27. The Morgan fingerprint density at radius 3 is 1.55 bits per heavy atom. The van der Waals surface area contributed by atoms with Gasteiger partial charge >= 0.3 is 0 Å². The Morgan fingerprint density at radius 1 is 0.613 bits per heavy atom. The molecule has 0 unspecified atom stereocenters. The summed E-state index contributed by atoms with van der Waals surface area (Å²) in [6, 6.07) is 28.3. The van der Waals surface area contributed by atoms with Crippen molar-refractivity contribution in [1.29, 1.82) is 0 Å². The van der Waals surface area contributed by atoms with Crippen LogP contribution in [0.15, 0.2) is 101 Å². The Morgan fingerprint density at radius 2 is 1.03 bits per heavy atom. The first-order valence-corrected chi connectivity index (χ1v) is 10.3. The van der Waals surface area contributed by atoms with E-state index in [1.807, 2.05) is 97.9 Å². The summed E-state index contributed by atoms with van der Waals surface area (Å²) in [6.07, 6.45) is 0. The molecule has 0 fully saturated rings. The highest BCUT2D eigenvalue weighted by molar-refractivity contribution is 5.75. The van der Waals surface area contributed by atoms with Gasteiger partial charge in [-0.15, -0.1) is 0 Å². The van der Waals surface area contributed by atoms with Crippen LogP contribution in [-0.4, -0.2) is 0 Å². The Hall–Kier alpha value is -3.70. The second-order valence-electron chi connectivity index (χ2n) is 7.65. The Balaban J connectivity index is 1.64. The fourth-order valence-electron chi connectivity index (χ4n) is 3.77. The number of nitrogens with two attached hydrogens (primary N) is 1. The van der Waals surface area contributed by atoms with Gasteiger partial charge in [-0.2, -0.15) is 0 Å². The molecular formula is C26H25N3O2. The van der Waals surface area contributed by atoms with Crippen LogP contribution in [0.1, 0.15) is 41.7 Å². The van der Waals surface area contributed by atoms with E-state index in [0.29, 0.717) is 5.69 Å². The van der Waals surface area contributed by atoms with E-state index in [0.717, 1.165) is 16.7 Å². The van der Waals surface area contributed by atoms with Gasteiger partial charge in [-0.05, 0) is 23.6 Å². The fourth-order valence-corrected chi connectivity index (χ4v) is 3.77. The van der Waals surface area contributed by atoms with Gasteiger partial charge in [0, 0.05) is 6.04 Å². The zero-order chi connectivity index (χ0) is 21.8. The van der Waals surface area contributed by atoms with Crippen molar-refractivity contribution in [3.05, 3.63) is 128 Å². The van der Waals surface area contributed by atoms with Crippen LogP contribution >= 0.6 is 0 Å². The summed E-state index contributed by atoms with van der Waals surface area (Å²) < 4.78 is 0. The van der Waals surface area contributed by atoms with Gasteiger partial charge in [0.2, 0.25) is 0 Å². The predicted molar refractivity (Wildman–Crippen MR) is 126 cm³/mol. The van der Waals surface area contributed by atoms with Gasteiger partial charge in [-0.3, -0.25) is 9.59 Å². The lowest BCUT2D eigenvalue weighted by Gasteiger charge is -2.29. The van der Waals surface area contributed by atoms with Gasteiger partial charge in [0.05, 0.1) is 12.1 Å². The molecule has 0 heterocycles. The molecule has 31 heavy (non-hydrogen) atoms. The summed E-state index contributed by atoms with van der Waals surface area (Å²) in [7, 11) is 0. The van der Waals surface area contributed by atoms with Gasteiger partial charge in [0.15, 0.2) is 0 Å². The molecule has 0 bridgehead atoms. The molecule has 5 nitrogen and oxygen atoms in total. The summed E-state index contributed by atoms with van der Waals surface area (Å²) in [6.45, 7) is 1.96. The number of anilines is 2. The van der Waals surface area contributed by atoms with Crippen LogP contribution in [-0.2, 0) is 0 Å². The summed E-state index contributed by atoms with van der Waals surface area (Å²) in [5, 5.41) is 6.48. The summed E-state index contributed by atoms with van der Waals surface area (Å²) in [5.41, 5.74) is 9.08. The van der Waals surface area contributed by atoms with Crippen LogP contribution in [0, 0.1) is 0 Å². The van der Waals surface area contributed by atoms with Crippen molar-refractivity contribution in [1.82, 2.24) is 0 Å². The topological polar surface area (TPSA) is 84.2 Å². The van der Waals surface area contributed by atoms with Crippen molar-refractivity contribution in [3.8, 4) is 0 Å². The first kappa shape index (κ1) is 20.6. The van der Waals surface area contributed by atoms with Crippen molar-refractivity contribution in [2.24, 2.45) is 5.73 Å². The van der Waals surface area contributed by atoms with Crippen LogP contribution in [0.25, 0.3) is 0 Å². The minimum atomic E-state index is -0.524. The second kappa shape index (κ2) is 8.98. The standard InChI is InChI=1S/C26H25N3O2/c1-17(18-11-5-2-6-12-18)28-23-24(26(31)25(23)30)29-22(20-15-9-4-10-16-20)21(27)19-13-7-3-8-14-19/h2-17,21-22,28-29H,27H2,1H3/t17-,21+,22+/m0/s1. The maximum atomic E-state index is 12.5. The molecule has 4 aromatic rings. The van der Waals surface area contributed by atoms with E-state index < -0.39 is 16.9 Å². The van der Waals surface area contributed by atoms with Gasteiger partial charge in [0.25, 0.3) is 10.9 Å². The molecule has 156 valence electrons. The highest BCUT2D eigenvalue weighted by Gasteiger charge is 2.28. The number of hydrogen-bond acceptors (Lipinski definition) is 5. The van der Waals surface area contributed by atoms with Crippen LogP contribution < -0.4 is 27.2 Å². The summed E-state index contributed by atoms with van der Waals surface area (Å²) >= 11 is 0. The van der Waals surface area contributed by atoms with Crippen LogP contribution in [0.2, 0.25) is 0 Å². The van der Waals surface area contributed by atoms with Crippen LogP contribution in [0.4, 0.5) is 11.4 Å². The minimum Gasteiger partial charge on any atom is -0.373 e. The Labute approximate surface area is 181 Å². The maximum Gasteiger partial charge on any atom is 0.253 e. The number of hydrogen-bond donors (Lipinski definition) is 3. The lowest BCUT2D eigenvalue weighted by molar-refractivity contribution is 0.609. The first-order chi connectivity index (χ1) is 15.1. The van der Waals surface area contributed by atoms with Gasteiger partial charge in [-0.25, -0.2) is 0 Å². The zero-order valence-electron chi connectivity index (χ0n) is 17.3. The highest BCUT2D eigenvalue weighted by atomic mass is 16.2. The summed E-state index contributed by atoms with van der Waals surface area (Å²) in [5.74, 6) is 0. The zero-order valence-corrected chi connectivity index (χ0v) is 17.3. The monoisotopic (exact) mass is 411 g/mol. The molecule has 0 aromatic heterocycles. The third-order valence-electron chi connectivity index (χ3n) is 5.57. The minimum absolute atomic E-state index is 0.122. The van der Waals surface area contributed by atoms with Crippen molar-refractivity contribution in [3.63, 3.8) is 0 Å². The third-order valence-corrected chi connectivity index (χ3v) is 5.57. The first-order valence-electron chi connectivity index (χ1n) is 10.3. The normalized spacial score (nSPS) is 14.0. The molecule has 4 N–H and O–H groups in total. The molecule has 0 amide bonds. The highest BCUT2D eigenvalue weighted by Crippen LogP contribution is 2.32. The van der Waals surface area contributed by atoms with Crippen molar-refractivity contribution in [2.75, 3.05) is 10.6 Å². The molecule has 4 rings (SSSR count). The molecule has 0 saturated heterocycles. The quantitative estimate of drug-likeness (QED) is 0.376. The van der Waals surface area contributed by atoms with E-state index in [4.69, 9.17) is 5.73 Å². The average molecular weight is 412 g/mol. The van der Waals surface area contributed by atoms with Crippen LogP contribution in [0.3, 0.4) is 0 Å². The van der Waals surface area contributed by atoms with E-state index in [-0.39, 0.29) is 17.8 Å². The molecule has 0 aliphatic rings. The summed E-state index contributed by atoms with van der Waals surface area (Å²) in [4.78, 5) is 24.8. The van der Waals surface area contributed by atoms with Gasteiger partial charge in [-0.1, -0.05) is 91.0 Å². The van der Waals surface area contributed by atoms with Gasteiger partial charge in [0.1, 0.15) is 11.4 Å². The second-order valence-corrected chi connectivity index (χ2v) is 7.65. The van der Waals surface area contributed by atoms with Crippen LogP contribution in [0.5, 0.6) is 0 Å². The lowest BCUT2D eigenvalue weighted by atomic mass is 9.93. The number of benzene rings is 3. The fraction of sp³-hybridized carbons (Fsp3) is 0.154. The Bertz CT molecular complexity index is 1200. The van der Waals surface area contributed by atoms with Gasteiger partial charge < -0.3 is 16.4 Å². The maximum absolute atomic E-state index is 12.5. The predicted octanol–water partition coefficient (Wildman–Crippen LogP) is 4.31. The smallest absolute Gasteiger partial charge is 0.253 e. The van der Waals surface area contributed by atoms with Crippen molar-refractivity contribution in [2.45, 2.75) is 25.0 Å². The van der Waals surface area contributed by atoms with Crippen molar-refractivity contribution < 1.29 is 0 Å². The number of nitrogens with one attached hydrogen (secondary N) is 2. The average Bonchev–Trinajstić information content (AvgIpc) is 2.84. The van der Waals surface area contributed by atoms with Crippen molar-refractivity contribution >= 4 is 11.4 Å². The van der Waals surface area contributed by atoms with E-state index in [1.54, 1.807) is 0 Å².